The van der Waals surface area contributed by atoms with Crippen LogP contribution in [0.3, 0.4) is 0 Å². The van der Waals surface area contributed by atoms with Crippen molar-refractivity contribution >= 4 is 18.5 Å². The predicted molar refractivity (Wildman–Crippen MR) is 101 cm³/mol. The molecule has 1 amide bonds. The van der Waals surface area contributed by atoms with E-state index in [1.165, 1.54) is 22.3 Å². The lowest BCUT2D eigenvalue weighted by Crippen LogP contribution is -2.35. The Morgan fingerprint density at radius 3 is 2.32 bits per heavy atom. The summed E-state index contributed by atoms with van der Waals surface area (Å²) < 4.78 is 5.69. The third-order valence-corrected chi connectivity index (χ3v) is 4.93. The highest BCUT2D eigenvalue weighted by Crippen LogP contribution is 2.44. The molecule has 0 unspecified atom stereocenters. The van der Waals surface area contributed by atoms with Gasteiger partial charge in [0.25, 0.3) is 0 Å². The Hall–Kier alpha value is -2.04. The molecule has 1 saturated heterocycles. The molecule has 4 nitrogen and oxygen atoms in total. The molecule has 4 rings (SSSR count). The van der Waals surface area contributed by atoms with E-state index in [1.807, 2.05) is 4.90 Å². The summed E-state index contributed by atoms with van der Waals surface area (Å²) >= 11 is 0. The summed E-state index contributed by atoms with van der Waals surface area (Å²) in [5.74, 6) is 0.131. The molecule has 0 spiro atoms. The number of ether oxygens (including phenoxy) is 1. The monoisotopic (exact) mass is 358 g/mol. The molecule has 2 aromatic carbocycles. The summed E-state index contributed by atoms with van der Waals surface area (Å²) in [6, 6.07) is 16.8. The van der Waals surface area contributed by atoms with E-state index in [0.29, 0.717) is 6.61 Å². The maximum Gasteiger partial charge on any atom is 0.409 e. The van der Waals surface area contributed by atoms with Gasteiger partial charge in [-0.05, 0) is 35.2 Å². The van der Waals surface area contributed by atoms with Gasteiger partial charge in [-0.15, -0.1) is 12.4 Å². The zero-order chi connectivity index (χ0) is 16.4. The van der Waals surface area contributed by atoms with Crippen LogP contribution >= 0.6 is 12.4 Å². The van der Waals surface area contributed by atoms with Gasteiger partial charge in [-0.1, -0.05) is 48.5 Å². The van der Waals surface area contributed by atoms with Crippen molar-refractivity contribution in [2.24, 2.45) is 0 Å². The number of nitrogens with one attached hydrogen (secondary N) is 1. The number of carbonyl (C=O) groups excluding carboxylic acids is 1. The van der Waals surface area contributed by atoms with Crippen molar-refractivity contribution in [1.29, 1.82) is 0 Å². The fraction of sp³-hybridized carbons (Fsp3) is 0.350. The minimum atomic E-state index is -0.194. The second kappa shape index (κ2) is 7.89. The molecule has 5 heteroatoms. The molecule has 2 aliphatic rings. The number of carbonyl (C=O) groups is 1. The van der Waals surface area contributed by atoms with Crippen molar-refractivity contribution in [1.82, 2.24) is 10.2 Å². The van der Waals surface area contributed by atoms with E-state index in [9.17, 15) is 4.79 Å². The molecule has 1 N–H and O–H groups in total. The number of nitrogens with zero attached hydrogens (tertiary/aromatic N) is 1. The Kier molecular flexibility index (Phi) is 5.61. The van der Waals surface area contributed by atoms with Crippen molar-refractivity contribution in [2.45, 2.75) is 12.3 Å². The van der Waals surface area contributed by atoms with Crippen LogP contribution < -0.4 is 5.32 Å². The minimum absolute atomic E-state index is 0. The second-order valence-corrected chi connectivity index (χ2v) is 6.39. The summed E-state index contributed by atoms with van der Waals surface area (Å²) in [5, 5.41) is 3.31. The van der Waals surface area contributed by atoms with E-state index in [-0.39, 0.29) is 24.4 Å². The molecule has 2 aromatic rings. The number of hydrogen-bond acceptors (Lipinski definition) is 3. The zero-order valence-electron chi connectivity index (χ0n) is 14.1. The average Bonchev–Trinajstić information content (AvgIpc) is 2.78. The second-order valence-electron chi connectivity index (χ2n) is 6.39. The van der Waals surface area contributed by atoms with Gasteiger partial charge in [0.05, 0.1) is 0 Å². The van der Waals surface area contributed by atoms with Crippen LogP contribution in [-0.2, 0) is 4.74 Å². The summed E-state index contributed by atoms with van der Waals surface area (Å²) in [6.07, 6.45) is 0.782. The Morgan fingerprint density at radius 2 is 1.64 bits per heavy atom. The SMILES string of the molecule is Cl.O=C(OCC1c2ccccc2-c2ccccc21)N1CCCNCC1. The lowest BCUT2D eigenvalue weighted by atomic mass is 9.98. The van der Waals surface area contributed by atoms with Crippen molar-refractivity contribution in [3.8, 4) is 11.1 Å². The highest BCUT2D eigenvalue weighted by atomic mass is 35.5. The Balaban J connectivity index is 0.00000182. The number of amides is 1. The first-order valence-electron chi connectivity index (χ1n) is 8.65. The molecule has 0 radical (unpaired) electrons. The fourth-order valence-electron chi connectivity index (χ4n) is 3.71. The fourth-order valence-corrected chi connectivity index (χ4v) is 3.71. The van der Waals surface area contributed by atoms with Crippen molar-refractivity contribution < 1.29 is 9.53 Å². The summed E-state index contributed by atoms with van der Waals surface area (Å²) in [5.41, 5.74) is 5.02. The van der Waals surface area contributed by atoms with Crippen molar-refractivity contribution in [2.75, 3.05) is 32.8 Å². The van der Waals surface area contributed by atoms with Crippen LogP contribution in [0.1, 0.15) is 23.5 Å². The maximum absolute atomic E-state index is 12.4. The Morgan fingerprint density at radius 1 is 1.00 bits per heavy atom. The molecular formula is C20H23ClN2O2. The molecule has 1 aliphatic heterocycles. The largest absolute Gasteiger partial charge is 0.448 e. The van der Waals surface area contributed by atoms with Gasteiger partial charge in [0.1, 0.15) is 6.61 Å². The molecule has 0 bridgehead atoms. The van der Waals surface area contributed by atoms with Crippen LogP contribution in [0, 0.1) is 0 Å². The third-order valence-electron chi connectivity index (χ3n) is 4.93. The number of halogens is 1. The Bertz CT molecular complexity index is 696. The number of rotatable bonds is 2. The van der Waals surface area contributed by atoms with Gasteiger partial charge in [-0.2, -0.15) is 0 Å². The van der Waals surface area contributed by atoms with Crippen molar-refractivity contribution in [3.63, 3.8) is 0 Å². The van der Waals surface area contributed by atoms with Crippen LogP contribution in [0.15, 0.2) is 48.5 Å². The first kappa shape index (κ1) is 17.8. The highest BCUT2D eigenvalue weighted by molar-refractivity contribution is 5.85. The summed E-state index contributed by atoms with van der Waals surface area (Å²) in [4.78, 5) is 14.2. The molecule has 0 aromatic heterocycles. The van der Waals surface area contributed by atoms with Gasteiger partial charge in [0, 0.05) is 25.6 Å². The van der Waals surface area contributed by atoms with Crippen molar-refractivity contribution in [3.05, 3.63) is 59.7 Å². The zero-order valence-corrected chi connectivity index (χ0v) is 14.9. The van der Waals surface area contributed by atoms with Gasteiger partial charge in [0.2, 0.25) is 0 Å². The molecule has 1 aliphatic carbocycles. The van der Waals surface area contributed by atoms with Crippen LogP contribution in [-0.4, -0.2) is 43.8 Å². The van der Waals surface area contributed by atoms with E-state index in [4.69, 9.17) is 4.74 Å². The van der Waals surface area contributed by atoms with E-state index in [2.05, 4.69) is 53.8 Å². The van der Waals surface area contributed by atoms with E-state index in [0.717, 1.165) is 32.6 Å². The van der Waals surface area contributed by atoms with Gasteiger partial charge in [-0.25, -0.2) is 4.79 Å². The molecule has 1 heterocycles. The molecule has 25 heavy (non-hydrogen) atoms. The maximum atomic E-state index is 12.4. The number of hydrogen-bond donors (Lipinski definition) is 1. The van der Waals surface area contributed by atoms with Gasteiger partial charge >= 0.3 is 6.09 Å². The molecule has 0 atom stereocenters. The third kappa shape index (κ3) is 3.51. The molecular weight excluding hydrogens is 336 g/mol. The number of fused-ring (bicyclic) bond motifs is 3. The molecule has 1 fully saturated rings. The van der Waals surface area contributed by atoms with Crippen LogP contribution in [0.4, 0.5) is 4.79 Å². The van der Waals surface area contributed by atoms with Gasteiger partial charge in [0.15, 0.2) is 0 Å². The average molecular weight is 359 g/mol. The van der Waals surface area contributed by atoms with Crippen LogP contribution in [0.25, 0.3) is 11.1 Å². The lowest BCUT2D eigenvalue weighted by molar-refractivity contribution is 0.102. The highest BCUT2D eigenvalue weighted by Gasteiger charge is 2.29. The first-order chi connectivity index (χ1) is 11.8. The summed E-state index contributed by atoms with van der Waals surface area (Å²) in [6.45, 7) is 3.69. The molecule has 132 valence electrons. The van der Waals surface area contributed by atoms with E-state index < -0.39 is 0 Å². The van der Waals surface area contributed by atoms with E-state index in [1.54, 1.807) is 0 Å². The minimum Gasteiger partial charge on any atom is -0.448 e. The quantitative estimate of drug-likeness (QED) is 0.890. The standard InChI is InChI=1S/C20H22N2O2.ClH/c23-20(22-12-5-10-21-11-13-22)24-14-19-17-8-3-1-6-15(17)16-7-2-4-9-18(16)19;/h1-4,6-9,19,21H,5,10-14H2;1H. The predicted octanol–water partition coefficient (Wildman–Crippen LogP) is 3.65. The topological polar surface area (TPSA) is 41.6 Å². The number of benzene rings is 2. The lowest BCUT2D eigenvalue weighted by Gasteiger charge is -2.21. The molecule has 0 saturated carbocycles. The summed E-state index contributed by atoms with van der Waals surface area (Å²) in [7, 11) is 0. The van der Waals surface area contributed by atoms with Gasteiger partial charge < -0.3 is 15.0 Å². The Labute approximate surface area is 154 Å². The van der Waals surface area contributed by atoms with E-state index >= 15 is 0 Å². The first-order valence-corrected chi connectivity index (χ1v) is 8.65. The van der Waals surface area contributed by atoms with Gasteiger partial charge in [-0.3, -0.25) is 0 Å². The van der Waals surface area contributed by atoms with Crippen LogP contribution in [0.2, 0.25) is 0 Å². The smallest absolute Gasteiger partial charge is 0.409 e. The van der Waals surface area contributed by atoms with Crippen LogP contribution in [0.5, 0.6) is 0 Å². The normalized spacial score (nSPS) is 16.4.